The van der Waals surface area contributed by atoms with Crippen LogP contribution in [0.3, 0.4) is 0 Å². The summed E-state index contributed by atoms with van der Waals surface area (Å²) in [4.78, 5) is 15.4. The van der Waals surface area contributed by atoms with Gasteiger partial charge in [0.25, 0.3) is 5.91 Å². The molecule has 1 aliphatic carbocycles. The summed E-state index contributed by atoms with van der Waals surface area (Å²) in [6.45, 7) is 8.68. The van der Waals surface area contributed by atoms with Gasteiger partial charge in [-0.25, -0.2) is 8.42 Å². The van der Waals surface area contributed by atoms with Gasteiger partial charge < -0.3 is 5.32 Å². The number of carbonyl (C=O) groups is 1. The van der Waals surface area contributed by atoms with Crippen LogP contribution in [0.5, 0.6) is 0 Å². The lowest BCUT2D eigenvalue weighted by molar-refractivity contribution is -0.0332. The summed E-state index contributed by atoms with van der Waals surface area (Å²) in [5, 5.41) is 3.33. The first-order chi connectivity index (χ1) is 14.2. The number of benzene rings is 1. The maximum absolute atomic E-state index is 13.0. The Balaban J connectivity index is 1.78. The molecule has 168 valence electrons. The largest absolute Gasteiger partial charge is 0.345 e. The minimum atomic E-state index is -3.16. The second-order valence-electron chi connectivity index (χ2n) is 9.24. The molecule has 0 bridgehead atoms. The zero-order valence-corrected chi connectivity index (χ0v) is 19.5. The van der Waals surface area contributed by atoms with E-state index in [1.54, 1.807) is 4.31 Å². The fourth-order valence-electron chi connectivity index (χ4n) is 5.32. The second kappa shape index (κ2) is 9.37. The average Bonchev–Trinajstić information content (AvgIpc) is 2.74. The van der Waals surface area contributed by atoms with E-state index in [-0.39, 0.29) is 17.2 Å². The van der Waals surface area contributed by atoms with Crippen LogP contribution >= 0.6 is 0 Å². The predicted octanol–water partition coefficient (Wildman–Crippen LogP) is 3.26. The molecule has 3 rings (SSSR count). The van der Waals surface area contributed by atoms with E-state index in [4.69, 9.17) is 0 Å². The molecule has 1 saturated heterocycles. The standard InChI is InChI=1S/C23H37N3O3S/c1-4-19-30(28,29)26-17-15-25(16-18-26)23(13-9-6-10-14-23)22(2,3)24-21(27)20-11-7-5-8-12-20/h5,7-8,11-12H,4,6,9-10,13-19H2,1-3H3,(H,24,27). The number of nitrogens with zero attached hydrogens (tertiary/aromatic N) is 2. The number of piperazine rings is 1. The molecule has 2 aliphatic rings. The normalized spacial score (nSPS) is 21.3. The maximum Gasteiger partial charge on any atom is 0.251 e. The molecule has 0 atom stereocenters. The molecule has 1 heterocycles. The molecule has 7 heteroatoms. The highest BCUT2D eigenvalue weighted by Crippen LogP contribution is 2.42. The topological polar surface area (TPSA) is 69.7 Å². The van der Waals surface area contributed by atoms with Crippen molar-refractivity contribution in [2.45, 2.75) is 70.4 Å². The molecular formula is C23H37N3O3S. The average molecular weight is 436 g/mol. The third kappa shape index (κ3) is 4.73. The van der Waals surface area contributed by atoms with E-state index >= 15 is 0 Å². The predicted molar refractivity (Wildman–Crippen MR) is 121 cm³/mol. The van der Waals surface area contributed by atoms with Crippen molar-refractivity contribution >= 4 is 15.9 Å². The molecule has 1 aliphatic heterocycles. The summed E-state index contributed by atoms with van der Waals surface area (Å²) in [6.07, 6.45) is 6.19. The van der Waals surface area contributed by atoms with Gasteiger partial charge in [-0.1, -0.05) is 44.4 Å². The van der Waals surface area contributed by atoms with Crippen molar-refractivity contribution in [3.05, 3.63) is 35.9 Å². The number of amides is 1. The lowest BCUT2D eigenvalue weighted by Gasteiger charge is -2.57. The molecule has 1 amide bonds. The van der Waals surface area contributed by atoms with Crippen molar-refractivity contribution in [1.82, 2.24) is 14.5 Å². The van der Waals surface area contributed by atoms with Gasteiger partial charge in [-0.2, -0.15) is 4.31 Å². The first-order valence-electron chi connectivity index (χ1n) is 11.3. The van der Waals surface area contributed by atoms with E-state index < -0.39 is 15.6 Å². The summed E-state index contributed by atoms with van der Waals surface area (Å²) in [5.41, 5.74) is 0.0909. The molecule has 2 fully saturated rings. The summed E-state index contributed by atoms with van der Waals surface area (Å²) in [6, 6.07) is 9.37. The van der Waals surface area contributed by atoms with E-state index in [1.807, 2.05) is 37.3 Å². The number of sulfonamides is 1. The summed E-state index contributed by atoms with van der Waals surface area (Å²) in [5.74, 6) is 0.172. The zero-order valence-electron chi connectivity index (χ0n) is 18.7. The van der Waals surface area contributed by atoms with Gasteiger partial charge >= 0.3 is 0 Å². The first kappa shape index (κ1) is 23.2. The quantitative estimate of drug-likeness (QED) is 0.714. The van der Waals surface area contributed by atoms with Crippen molar-refractivity contribution in [3.8, 4) is 0 Å². The van der Waals surface area contributed by atoms with Crippen molar-refractivity contribution in [2.75, 3.05) is 31.9 Å². The minimum absolute atomic E-state index is 0.0466. The maximum atomic E-state index is 13.0. The number of hydrogen-bond donors (Lipinski definition) is 1. The minimum Gasteiger partial charge on any atom is -0.345 e. The van der Waals surface area contributed by atoms with Gasteiger partial charge in [0.05, 0.1) is 11.3 Å². The van der Waals surface area contributed by atoms with Crippen LogP contribution in [0, 0.1) is 0 Å². The van der Waals surface area contributed by atoms with Gasteiger partial charge in [0.15, 0.2) is 0 Å². The van der Waals surface area contributed by atoms with Crippen LogP contribution in [0.15, 0.2) is 30.3 Å². The van der Waals surface area contributed by atoms with Crippen LogP contribution in [0.25, 0.3) is 0 Å². The molecule has 0 unspecified atom stereocenters. The van der Waals surface area contributed by atoms with Crippen molar-refractivity contribution < 1.29 is 13.2 Å². The van der Waals surface area contributed by atoms with E-state index in [0.717, 1.165) is 25.7 Å². The third-order valence-corrected chi connectivity index (χ3v) is 9.08. The highest BCUT2D eigenvalue weighted by molar-refractivity contribution is 7.89. The SMILES string of the molecule is CCCS(=O)(=O)N1CCN(C2(C(C)(C)NC(=O)c3ccccc3)CCCCC2)CC1. The van der Waals surface area contributed by atoms with Crippen LogP contribution in [-0.4, -0.2) is 66.5 Å². The summed E-state index contributed by atoms with van der Waals surface area (Å²) >= 11 is 0. The van der Waals surface area contributed by atoms with Crippen molar-refractivity contribution in [1.29, 1.82) is 0 Å². The lowest BCUT2D eigenvalue weighted by atomic mass is 9.68. The number of hydrogen-bond acceptors (Lipinski definition) is 4. The van der Waals surface area contributed by atoms with Gasteiger partial charge in [-0.15, -0.1) is 0 Å². The van der Waals surface area contributed by atoms with Crippen LogP contribution in [0.4, 0.5) is 0 Å². The van der Waals surface area contributed by atoms with Crippen LogP contribution in [0.2, 0.25) is 0 Å². The Bertz CT molecular complexity index is 809. The molecule has 1 saturated carbocycles. The Morgan fingerprint density at radius 1 is 1.03 bits per heavy atom. The Kier molecular flexibility index (Phi) is 7.25. The summed E-state index contributed by atoms with van der Waals surface area (Å²) < 4.78 is 26.6. The Labute approximate surface area is 182 Å². The highest BCUT2D eigenvalue weighted by Gasteiger charge is 2.51. The third-order valence-electron chi connectivity index (χ3n) is 7.01. The van der Waals surface area contributed by atoms with Crippen molar-refractivity contribution in [2.24, 2.45) is 0 Å². The van der Waals surface area contributed by atoms with Gasteiger partial charge in [0, 0.05) is 37.3 Å². The number of nitrogens with one attached hydrogen (secondary N) is 1. The van der Waals surface area contributed by atoms with Crippen molar-refractivity contribution in [3.63, 3.8) is 0 Å². The van der Waals surface area contributed by atoms with E-state index in [9.17, 15) is 13.2 Å². The zero-order chi connectivity index (χ0) is 21.8. The second-order valence-corrected chi connectivity index (χ2v) is 11.3. The summed E-state index contributed by atoms with van der Waals surface area (Å²) in [7, 11) is -3.16. The molecule has 6 nitrogen and oxygen atoms in total. The van der Waals surface area contributed by atoms with Crippen LogP contribution in [-0.2, 0) is 10.0 Å². The Morgan fingerprint density at radius 2 is 1.63 bits per heavy atom. The Hall–Kier alpha value is -1.44. The van der Waals surface area contributed by atoms with Crippen LogP contribution < -0.4 is 5.32 Å². The van der Waals surface area contributed by atoms with Gasteiger partial charge in [-0.05, 0) is 45.2 Å². The fourth-order valence-corrected chi connectivity index (χ4v) is 6.81. The number of rotatable bonds is 7. The molecule has 0 radical (unpaired) electrons. The van der Waals surface area contributed by atoms with E-state index in [1.165, 1.54) is 6.42 Å². The lowest BCUT2D eigenvalue weighted by Crippen LogP contribution is -2.71. The molecule has 0 aromatic heterocycles. The molecule has 1 N–H and O–H groups in total. The molecule has 1 aromatic carbocycles. The van der Waals surface area contributed by atoms with Gasteiger partial charge in [0.2, 0.25) is 10.0 Å². The Morgan fingerprint density at radius 3 is 2.20 bits per heavy atom. The first-order valence-corrected chi connectivity index (χ1v) is 12.9. The monoisotopic (exact) mass is 435 g/mol. The highest BCUT2D eigenvalue weighted by atomic mass is 32.2. The van der Waals surface area contributed by atoms with E-state index in [0.29, 0.717) is 38.2 Å². The smallest absolute Gasteiger partial charge is 0.251 e. The molecule has 0 spiro atoms. The molecular weight excluding hydrogens is 398 g/mol. The molecule has 1 aromatic rings. The van der Waals surface area contributed by atoms with E-state index in [2.05, 4.69) is 24.1 Å². The van der Waals surface area contributed by atoms with Crippen LogP contribution in [0.1, 0.15) is 69.7 Å². The van der Waals surface area contributed by atoms with Gasteiger partial charge in [0.1, 0.15) is 0 Å². The number of carbonyl (C=O) groups excluding carboxylic acids is 1. The molecule has 30 heavy (non-hydrogen) atoms. The fraction of sp³-hybridized carbons (Fsp3) is 0.696. The van der Waals surface area contributed by atoms with Gasteiger partial charge in [-0.3, -0.25) is 9.69 Å².